The van der Waals surface area contributed by atoms with Crippen molar-refractivity contribution in [1.29, 1.82) is 0 Å². The fraction of sp³-hybridized carbons (Fsp3) is 0.667. The van der Waals surface area contributed by atoms with Crippen molar-refractivity contribution in [2.45, 2.75) is 31.9 Å². The van der Waals surface area contributed by atoms with E-state index in [9.17, 15) is 9.59 Å². The van der Waals surface area contributed by atoms with E-state index in [0.717, 1.165) is 26.0 Å². The zero-order chi connectivity index (χ0) is 13.8. The van der Waals surface area contributed by atoms with E-state index in [1.165, 1.54) is 6.42 Å². The van der Waals surface area contributed by atoms with Gasteiger partial charge in [-0.1, -0.05) is 0 Å². The van der Waals surface area contributed by atoms with Crippen molar-refractivity contribution in [3.8, 4) is 0 Å². The third kappa shape index (κ3) is 3.68. The quantitative estimate of drug-likeness (QED) is 0.718. The molecule has 1 aliphatic rings. The van der Waals surface area contributed by atoms with Crippen molar-refractivity contribution in [2.75, 3.05) is 20.2 Å². The van der Waals surface area contributed by atoms with Gasteiger partial charge in [-0.2, -0.15) is 0 Å². The molecule has 3 N–H and O–H groups in total. The maximum atomic E-state index is 11.2. The van der Waals surface area contributed by atoms with Gasteiger partial charge in [0.25, 0.3) is 0 Å². The molecule has 0 bridgehead atoms. The van der Waals surface area contributed by atoms with Crippen molar-refractivity contribution in [2.24, 2.45) is 0 Å². The molecule has 7 nitrogen and oxygen atoms in total. The summed E-state index contributed by atoms with van der Waals surface area (Å²) in [6.07, 6.45) is 3.49. The molecule has 1 aromatic heterocycles. The zero-order valence-electron chi connectivity index (χ0n) is 10.9. The van der Waals surface area contributed by atoms with Gasteiger partial charge in [-0.25, -0.2) is 9.59 Å². The Balaban J connectivity index is 1.96. The molecule has 1 fully saturated rings. The van der Waals surface area contributed by atoms with Gasteiger partial charge in [0.2, 0.25) is 0 Å². The number of imidazole rings is 1. The first-order valence-corrected chi connectivity index (χ1v) is 6.41. The molecule has 19 heavy (non-hydrogen) atoms. The second kappa shape index (κ2) is 6.03. The Morgan fingerprint density at radius 3 is 2.89 bits per heavy atom. The van der Waals surface area contributed by atoms with Gasteiger partial charge in [0.05, 0.1) is 11.8 Å². The summed E-state index contributed by atoms with van der Waals surface area (Å²) < 4.78 is 5.63. The maximum Gasteiger partial charge on any atom is 0.354 e. The highest BCUT2D eigenvalue weighted by atomic mass is 16.5. The van der Waals surface area contributed by atoms with E-state index in [1.807, 2.05) is 11.9 Å². The van der Waals surface area contributed by atoms with E-state index in [1.54, 1.807) is 0 Å². The average molecular weight is 269 g/mol. The van der Waals surface area contributed by atoms with Gasteiger partial charge in [-0.3, -0.25) is 9.88 Å². The van der Waals surface area contributed by atoms with Crippen LogP contribution in [0.1, 0.15) is 35.4 Å². The molecular formula is C12H19N3O4. The number of nitrogens with one attached hydrogen (secondary N) is 2. The van der Waals surface area contributed by atoms with E-state index in [-0.39, 0.29) is 11.8 Å². The van der Waals surface area contributed by atoms with Crippen LogP contribution < -0.4 is 5.69 Å². The van der Waals surface area contributed by atoms with E-state index < -0.39 is 11.7 Å². The van der Waals surface area contributed by atoms with Crippen LogP contribution in [-0.2, 0) is 11.3 Å². The molecule has 0 aliphatic carbocycles. The summed E-state index contributed by atoms with van der Waals surface area (Å²) in [6.45, 7) is 1.90. The predicted octanol–water partition coefficient (Wildman–Crippen LogP) is 0.402. The summed E-state index contributed by atoms with van der Waals surface area (Å²) >= 11 is 0. The summed E-state index contributed by atoms with van der Waals surface area (Å²) in [5.41, 5.74) is -0.160. The van der Waals surface area contributed by atoms with E-state index >= 15 is 0 Å². The maximum absolute atomic E-state index is 11.2. The first-order chi connectivity index (χ1) is 9.06. The lowest BCUT2D eigenvalue weighted by atomic mass is 10.1. The van der Waals surface area contributed by atoms with Gasteiger partial charge in [-0.15, -0.1) is 0 Å². The van der Waals surface area contributed by atoms with E-state index in [4.69, 9.17) is 9.84 Å². The van der Waals surface area contributed by atoms with Crippen LogP contribution in [-0.4, -0.2) is 52.2 Å². The number of hydrogen-bond acceptors (Lipinski definition) is 4. The molecular weight excluding hydrogens is 250 g/mol. The molecule has 0 aromatic carbocycles. The number of aromatic carboxylic acids is 1. The van der Waals surface area contributed by atoms with Crippen LogP contribution in [0.2, 0.25) is 0 Å². The number of ether oxygens (including phenoxy) is 1. The smallest absolute Gasteiger partial charge is 0.354 e. The van der Waals surface area contributed by atoms with Crippen molar-refractivity contribution >= 4 is 5.97 Å². The van der Waals surface area contributed by atoms with Crippen LogP contribution in [0.4, 0.5) is 0 Å². The fourth-order valence-electron chi connectivity index (χ4n) is 2.35. The molecule has 106 valence electrons. The molecule has 0 spiro atoms. The monoisotopic (exact) mass is 269 g/mol. The van der Waals surface area contributed by atoms with Crippen LogP contribution in [0.25, 0.3) is 0 Å². The van der Waals surface area contributed by atoms with Gasteiger partial charge in [0, 0.05) is 19.7 Å². The Labute approximate surface area is 110 Å². The first-order valence-electron chi connectivity index (χ1n) is 6.41. The zero-order valence-corrected chi connectivity index (χ0v) is 10.9. The topological polar surface area (TPSA) is 98.4 Å². The van der Waals surface area contributed by atoms with Crippen LogP contribution in [0.3, 0.4) is 0 Å². The van der Waals surface area contributed by atoms with Gasteiger partial charge < -0.3 is 14.8 Å². The summed E-state index contributed by atoms with van der Waals surface area (Å²) in [6, 6.07) is 0. The number of carboxylic acids is 1. The van der Waals surface area contributed by atoms with Gasteiger partial charge in [0.15, 0.2) is 0 Å². The van der Waals surface area contributed by atoms with Gasteiger partial charge in [0.1, 0.15) is 5.69 Å². The highest BCUT2D eigenvalue weighted by molar-refractivity contribution is 5.86. The second-order valence-corrected chi connectivity index (χ2v) is 4.92. The number of aromatic nitrogens is 2. The normalized spacial score (nSPS) is 19.8. The minimum atomic E-state index is -1.13. The highest BCUT2D eigenvalue weighted by Gasteiger charge is 2.19. The largest absolute Gasteiger partial charge is 0.477 e. The summed E-state index contributed by atoms with van der Waals surface area (Å²) in [5, 5.41) is 8.98. The SMILES string of the molecule is CN(Cc1[nH]c(=O)[nH]c1C(=O)O)CC1CCCCO1. The summed E-state index contributed by atoms with van der Waals surface area (Å²) in [5.74, 6) is -1.13. The van der Waals surface area contributed by atoms with Gasteiger partial charge in [-0.05, 0) is 26.3 Å². The summed E-state index contributed by atoms with van der Waals surface area (Å²) in [7, 11) is 1.88. The number of carbonyl (C=O) groups is 1. The minimum Gasteiger partial charge on any atom is -0.477 e. The summed E-state index contributed by atoms with van der Waals surface area (Å²) in [4.78, 5) is 28.9. The molecule has 2 rings (SSSR count). The van der Waals surface area contributed by atoms with Crippen LogP contribution >= 0.6 is 0 Å². The third-order valence-corrected chi connectivity index (χ3v) is 3.24. The molecule has 0 amide bonds. The molecule has 7 heteroatoms. The lowest BCUT2D eigenvalue weighted by Crippen LogP contribution is -2.33. The molecule has 1 aromatic rings. The predicted molar refractivity (Wildman–Crippen MR) is 68.3 cm³/mol. The Bertz CT molecular complexity index is 487. The average Bonchev–Trinajstić information content (AvgIpc) is 2.71. The number of aromatic amines is 2. The van der Waals surface area contributed by atoms with E-state index in [0.29, 0.717) is 12.2 Å². The number of nitrogens with zero attached hydrogens (tertiary/aromatic N) is 1. The molecule has 2 heterocycles. The van der Waals surface area contributed by atoms with Crippen LogP contribution in [0, 0.1) is 0 Å². The third-order valence-electron chi connectivity index (χ3n) is 3.24. The molecule has 0 saturated carbocycles. The number of rotatable bonds is 5. The highest BCUT2D eigenvalue weighted by Crippen LogP contribution is 2.14. The van der Waals surface area contributed by atoms with Crippen molar-refractivity contribution in [3.63, 3.8) is 0 Å². The Morgan fingerprint density at radius 1 is 1.47 bits per heavy atom. The number of H-pyrrole nitrogens is 2. The number of carboxylic acid groups (broad SMARTS) is 1. The molecule has 0 radical (unpaired) electrons. The molecule has 1 unspecified atom stereocenters. The second-order valence-electron chi connectivity index (χ2n) is 4.92. The Kier molecular flexibility index (Phi) is 4.39. The van der Waals surface area contributed by atoms with Crippen LogP contribution in [0.5, 0.6) is 0 Å². The standard InChI is InChI=1S/C12H19N3O4/c1-15(6-8-4-2-3-5-19-8)7-9-10(11(16)17)14-12(18)13-9/h8H,2-7H2,1H3,(H,16,17)(H2,13,14,18). The number of likely N-dealkylation sites (N-methyl/N-ethyl adjacent to an activating group) is 1. The first kappa shape index (κ1) is 13.8. The van der Waals surface area contributed by atoms with Crippen molar-refractivity contribution in [1.82, 2.24) is 14.9 Å². The van der Waals surface area contributed by atoms with Crippen molar-refractivity contribution in [3.05, 3.63) is 21.9 Å². The molecule has 1 atom stereocenters. The van der Waals surface area contributed by atoms with E-state index in [2.05, 4.69) is 9.97 Å². The van der Waals surface area contributed by atoms with Crippen LogP contribution in [0.15, 0.2) is 4.79 Å². The fourth-order valence-corrected chi connectivity index (χ4v) is 2.35. The molecule has 1 aliphatic heterocycles. The van der Waals surface area contributed by atoms with Crippen molar-refractivity contribution < 1.29 is 14.6 Å². The Morgan fingerprint density at radius 2 is 2.26 bits per heavy atom. The number of hydrogen-bond donors (Lipinski definition) is 3. The van der Waals surface area contributed by atoms with Gasteiger partial charge >= 0.3 is 11.7 Å². The Hall–Kier alpha value is -1.60. The lowest BCUT2D eigenvalue weighted by molar-refractivity contribution is -0.00276. The lowest BCUT2D eigenvalue weighted by Gasteiger charge is -2.27. The molecule has 1 saturated heterocycles. The minimum absolute atomic E-state index is 0.0681.